The minimum Gasteiger partial charge on any atom is -0.323 e. The van der Waals surface area contributed by atoms with E-state index in [-0.39, 0.29) is 16.5 Å². The number of hydrogen-bond acceptors (Lipinski definition) is 2. The third kappa shape index (κ3) is 3.10. The van der Waals surface area contributed by atoms with E-state index >= 15 is 0 Å². The van der Waals surface area contributed by atoms with E-state index in [1.54, 1.807) is 0 Å². The third-order valence-corrected chi connectivity index (χ3v) is 3.10. The van der Waals surface area contributed by atoms with Crippen molar-refractivity contribution in [1.82, 2.24) is 4.98 Å². The van der Waals surface area contributed by atoms with Gasteiger partial charge in [-0.05, 0) is 17.7 Å². The Morgan fingerprint density at radius 2 is 1.52 bits per heavy atom. The van der Waals surface area contributed by atoms with Gasteiger partial charge in [0.1, 0.15) is 0 Å². The molecule has 0 fully saturated rings. The molecule has 2 N–H and O–H groups in total. The maximum atomic E-state index is 12.7. The minimum atomic E-state index is -5.48. The van der Waals surface area contributed by atoms with Crippen LogP contribution in [-0.2, 0) is 0 Å². The van der Waals surface area contributed by atoms with Gasteiger partial charge >= 0.3 is 12.4 Å². The van der Waals surface area contributed by atoms with E-state index in [2.05, 4.69) is 4.98 Å². The highest BCUT2D eigenvalue weighted by Gasteiger charge is 2.59. The molecule has 0 bridgehead atoms. The summed E-state index contributed by atoms with van der Waals surface area (Å²) in [6, 6.07) is 4.53. The predicted molar refractivity (Wildman–Crippen MR) is 64.3 cm³/mol. The molecule has 1 aromatic heterocycles. The Bertz CT molecular complexity index is 615. The highest BCUT2D eigenvalue weighted by Crippen LogP contribution is 2.46. The molecule has 0 amide bonds. The van der Waals surface area contributed by atoms with Crippen LogP contribution < -0.4 is 5.73 Å². The Morgan fingerprint density at radius 1 is 0.905 bits per heavy atom. The summed E-state index contributed by atoms with van der Waals surface area (Å²) >= 11 is 0. The number of nitrogens with two attached hydrogens (primary N) is 1. The Kier molecular flexibility index (Phi) is 3.83. The SMILES string of the molecule is NC(c1cccc2ncccc12)C(C(F)(F)F)C(F)(F)F. The van der Waals surface area contributed by atoms with Crippen LogP contribution in [0.15, 0.2) is 36.5 Å². The van der Waals surface area contributed by atoms with Gasteiger partial charge in [0, 0.05) is 11.6 Å². The predicted octanol–water partition coefficient (Wildman–Crippen LogP) is 3.98. The molecular weight excluding hydrogens is 298 g/mol. The fraction of sp³-hybridized carbons (Fsp3) is 0.308. The molecular formula is C13H10F6N2. The van der Waals surface area contributed by atoms with E-state index in [1.165, 1.54) is 30.5 Å². The second-order valence-corrected chi connectivity index (χ2v) is 4.50. The second-order valence-electron chi connectivity index (χ2n) is 4.50. The highest BCUT2D eigenvalue weighted by molar-refractivity contribution is 5.82. The lowest BCUT2D eigenvalue weighted by Crippen LogP contribution is -2.44. The van der Waals surface area contributed by atoms with Crippen molar-refractivity contribution < 1.29 is 26.3 Å². The maximum absolute atomic E-state index is 12.7. The van der Waals surface area contributed by atoms with Gasteiger partial charge in [-0.2, -0.15) is 26.3 Å². The number of fused-ring (bicyclic) bond motifs is 1. The first-order chi connectivity index (χ1) is 9.62. The van der Waals surface area contributed by atoms with Gasteiger partial charge in [-0.15, -0.1) is 0 Å². The zero-order valence-electron chi connectivity index (χ0n) is 10.4. The van der Waals surface area contributed by atoms with Crippen LogP contribution in [0.1, 0.15) is 11.6 Å². The van der Waals surface area contributed by atoms with Crippen LogP contribution in [0.3, 0.4) is 0 Å². The van der Waals surface area contributed by atoms with Gasteiger partial charge in [0.2, 0.25) is 0 Å². The third-order valence-electron chi connectivity index (χ3n) is 3.10. The molecule has 0 radical (unpaired) electrons. The van der Waals surface area contributed by atoms with Crippen molar-refractivity contribution in [3.63, 3.8) is 0 Å². The van der Waals surface area contributed by atoms with Gasteiger partial charge in [0.25, 0.3) is 0 Å². The van der Waals surface area contributed by atoms with Gasteiger partial charge < -0.3 is 5.73 Å². The topological polar surface area (TPSA) is 38.9 Å². The van der Waals surface area contributed by atoms with Crippen LogP contribution in [0.5, 0.6) is 0 Å². The Labute approximate surface area is 115 Å². The molecule has 1 heterocycles. The highest BCUT2D eigenvalue weighted by atomic mass is 19.4. The molecule has 114 valence electrons. The second kappa shape index (κ2) is 5.18. The summed E-state index contributed by atoms with van der Waals surface area (Å²) < 4.78 is 76.4. The first-order valence-electron chi connectivity index (χ1n) is 5.85. The molecule has 8 heteroatoms. The number of alkyl halides is 6. The van der Waals surface area contributed by atoms with Crippen LogP contribution in [-0.4, -0.2) is 17.3 Å². The lowest BCUT2D eigenvalue weighted by atomic mass is 9.90. The Balaban J connectivity index is 2.57. The number of pyridine rings is 1. The zero-order valence-corrected chi connectivity index (χ0v) is 10.4. The van der Waals surface area contributed by atoms with Gasteiger partial charge in [-0.1, -0.05) is 18.2 Å². The first kappa shape index (κ1) is 15.6. The molecule has 1 atom stereocenters. The van der Waals surface area contributed by atoms with Crippen molar-refractivity contribution in [3.8, 4) is 0 Å². The van der Waals surface area contributed by atoms with Crippen molar-refractivity contribution in [2.75, 3.05) is 0 Å². The van der Waals surface area contributed by atoms with E-state index in [0.717, 1.165) is 6.07 Å². The number of hydrogen-bond donors (Lipinski definition) is 1. The summed E-state index contributed by atoms with van der Waals surface area (Å²) in [4.78, 5) is 3.89. The standard InChI is InChI=1S/C13H10F6N2/c14-12(15,16)11(13(17,18)19)10(20)8-3-1-5-9-7(8)4-2-6-21-9/h1-6,10-11H,20H2. The van der Waals surface area contributed by atoms with E-state index in [4.69, 9.17) is 5.73 Å². The molecule has 2 aromatic rings. The number of nitrogens with zero attached hydrogens (tertiary/aromatic N) is 1. The number of halogens is 6. The van der Waals surface area contributed by atoms with E-state index in [0.29, 0.717) is 0 Å². The Morgan fingerprint density at radius 3 is 2.10 bits per heavy atom. The summed E-state index contributed by atoms with van der Waals surface area (Å²) in [5.41, 5.74) is 5.36. The number of rotatable bonds is 2. The van der Waals surface area contributed by atoms with Crippen molar-refractivity contribution in [2.45, 2.75) is 18.4 Å². The van der Waals surface area contributed by atoms with Gasteiger partial charge in [-0.25, -0.2) is 0 Å². The van der Waals surface area contributed by atoms with Crippen LogP contribution in [0, 0.1) is 5.92 Å². The van der Waals surface area contributed by atoms with Gasteiger partial charge in [0.15, 0.2) is 5.92 Å². The molecule has 1 unspecified atom stereocenters. The van der Waals surface area contributed by atoms with Crippen molar-refractivity contribution in [3.05, 3.63) is 42.1 Å². The van der Waals surface area contributed by atoms with E-state index in [9.17, 15) is 26.3 Å². The maximum Gasteiger partial charge on any atom is 0.402 e. The van der Waals surface area contributed by atoms with Crippen LogP contribution >= 0.6 is 0 Å². The molecule has 2 nitrogen and oxygen atoms in total. The Hall–Kier alpha value is -1.83. The van der Waals surface area contributed by atoms with Crippen LogP contribution in [0.4, 0.5) is 26.3 Å². The lowest BCUT2D eigenvalue weighted by molar-refractivity contribution is -0.290. The zero-order chi connectivity index (χ0) is 15.8. The molecule has 0 aliphatic rings. The van der Waals surface area contributed by atoms with Crippen LogP contribution in [0.25, 0.3) is 10.9 Å². The van der Waals surface area contributed by atoms with E-state index in [1.807, 2.05) is 0 Å². The van der Waals surface area contributed by atoms with Gasteiger partial charge in [-0.3, -0.25) is 4.98 Å². The fourth-order valence-electron chi connectivity index (χ4n) is 2.19. The smallest absolute Gasteiger partial charge is 0.323 e. The lowest BCUT2D eigenvalue weighted by Gasteiger charge is -2.29. The average Bonchev–Trinajstić information content (AvgIpc) is 2.34. The number of aromatic nitrogens is 1. The number of benzene rings is 1. The summed E-state index contributed by atoms with van der Waals surface area (Å²) in [5.74, 6) is -3.63. The van der Waals surface area contributed by atoms with Crippen molar-refractivity contribution in [2.24, 2.45) is 11.7 Å². The monoisotopic (exact) mass is 308 g/mol. The van der Waals surface area contributed by atoms with Crippen molar-refractivity contribution >= 4 is 10.9 Å². The molecule has 0 saturated heterocycles. The summed E-state index contributed by atoms with van der Waals surface area (Å²) in [6.45, 7) is 0. The summed E-state index contributed by atoms with van der Waals surface area (Å²) in [5, 5.41) is 0.172. The fourth-order valence-corrected chi connectivity index (χ4v) is 2.19. The quantitative estimate of drug-likeness (QED) is 0.852. The first-order valence-corrected chi connectivity index (χ1v) is 5.85. The van der Waals surface area contributed by atoms with Crippen LogP contribution in [0.2, 0.25) is 0 Å². The molecule has 0 spiro atoms. The molecule has 1 aromatic carbocycles. The van der Waals surface area contributed by atoms with Crippen molar-refractivity contribution in [1.29, 1.82) is 0 Å². The molecule has 2 rings (SSSR count). The molecule has 0 saturated carbocycles. The van der Waals surface area contributed by atoms with E-state index < -0.39 is 24.3 Å². The summed E-state index contributed by atoms with van der Waals surface area (Å²) in [7, 11) is 0. The van der Waals surface area contributed by atoms with Gasteiger partial charge in [0.05, 0.1) is 11.6 Å². The largest absolute Gasteiger partial charge is 0.402 e. The average molecular weight is 308 g/mol. The minimum absolute atomic E-state index is 0.172. The normalized spacial score (nSPS) is 14.7. The molecule has 0 aliphatic carbocycles. The molecule has 0 aliphatic heterocycles. The summed E-state index contributed by atoms with van der Waals surface area (Å²) in [6.07, 6.45) is -9.58. The molecule has 21 heavy (non-hydrogen) atoms.